The van der Waals surface area contributed by atoms with Gasteiger partial charge in [-0.15, -0.1) is 23.1 Å². The number of para-hydroxylation sites is 1. The van der Waals surface area contributed by atoms with Crippen LogP contribution in [0.4, 0.5) is 16.8 Å². The van der Waals surface area contributed by atoms with Gasteiger partial charge in [-0.2, -0.15) is 4.57 Å². The van der Waals surface area contributed by atoms with Crippen molar-refractivity contribution in [3.63, 3.8) is 0 Å². The van der Waals surface area contributed by atoms with Gasteiger partial charge in [0.05, 0.1) is 6.07 Å². The molecule has 2 aliphatic heterocycles. The average molecular weight is 715 g/mol. The topological polar surface area (TPSA) is 253 Å². The number of nitrogen functional groups attached to an aromatic ring is 3. The molecule has 19 heteroatoms. The molecule has 1 aromatic carbocycles. The number of aryl methyl sites for hydroxylation is 2. The van der Waals surface area contributed by atoms with Gasteiger partial charge >= 0.3 is 17.1 Å². The van der Waals surface area contributed by atoms with Crippen molar-refractivity contribution in [3.8, 4) is 5.69 Å². The number of carbonyl (C=O) groups is 4. The zero-order valence-corrected chi connectivity index (χ0v) is 28.5. The summed E-state index contributed by atoms with van der Waals surface area (Å²) >= 11 is 3.52. The molecular weight excluding hydrogens is 683 g/mol. The SMILES string of the molecule is Cc1cccc(C)c1-[n+]1c(N)cc(N)nc1SCC1=C(C(=O)O)N2C(=O)[C@@H](NC(=O)/C(=N/OC(C)(C)C(=O)O)c3csc(N)n3)[C@H]2SC1. The molecule has 48 heavy (non-hydrogen) atoms. The minimum Gasteiger partial charge on any atom is -0.478 e. The second-order valence-electron chi connectivity index (χ2n) is 11.3. The molecule has 2 amide bonds. The Labute approximate surface area is 286 Å². The summed E-state index contributed by atoms with van der Waals surface area (Å²) in [5.41, 5.74) is 19.0. The minimum atomic E-state index is -1.78. The fourth-order valence-electron chi connectivity index (χ4n) is 4.95. The lowest BCUT2D eigenvalue weighted by Gasteiger charge is -2.49. The zero-order chi connectivity index (χ0) is 35.1. The number of benzene rings is 1. The maximum absolute atomic E-state index is 13.4. The highest BCUT2D eigenvalue weighted by atomic mass is 32.2. The van der Waals surface area contributed by atoms with E-state index in [1.807, 2.05) is 32.0 Å². The molecule has 2 aliphatic rings. The molecule has 9 N–H and O–H groups in total. The number of oxime groups is 1. The summed E-state index contributed by atoms with van der Waals surface area (Å²) < 4.78 is 1.77. The van der Waals surface area contributed by atoms with E-state index in [9.17, 15) is 29.4 Å². The molecule has 5 rings (SSSR count). The van der Waals surface area contributed by atoms with Crippen molar-refractivity contribution < 1.29 is 38.8 Å². The molecule has 0 saturated carbocycles. The Hall–Kier alpha value is -4.88. The van der Waals surface area contributed by atoms with Crippen LogP contribution in [0.3, 0.4) is 0 Å². The molecule has 0 radical (unpaired) electrons. The molecular formula is C29H32N9O7S3+. The Morgan fingerprint density at radius 3 is 2.48 bits per heavy atom. The lowest BCUT2D eigenvalue weighted by atomic mass is 10.0. The predicted octanol–water partition coefficient (Wildman–Crippen LogP) is 1.29. The van der Waals surface area contributed by atoms with E-state index in [0.29, 0.717) is 16.5 Å². The van der Waals surface area contributed by atoms with Crippen molar-refractivity contribution in [3.05, 3.63) is 57.7 Å². The molecule has 2 aromatic heterocycles. The monoisotopic (exact) mass is 714 g/mol. The molecule has 1 fully saturated rings. The second-order valence-corrected chi connectivity index (χ2v) is 14.2. The third-order valence-corrected chi connectivity index (χ3v) is 10.4. The third kappa shape index (κ3) is 6.60. The van der Waals surface area contributed by atoms with Gasteiger partial charge < -0.3 is 37.6 Å². The van der Waals surface area contributed by atoms with E-state index in [0.717, 1.165) is 33.1 Å². The number of anilines is 3. The summed E-state index contributed by atoms with van der Waals surface area (Å²) in [7, 11) is 0. The maximum Gasteiger partial charge on any atom is 0.352 e. The Kier molecular flexibility index (Phi) is 9.56. The number of thiazole rings is 1. The van der Waals surface area contributed by atoms with Crippen LogP contribution in [0.1, 0.15) is 30.7 Å². The van der Waals surface area contributed by atoms with Crippen LogP contribution >= 0.6 is 34.9 Å². The fraction of sp³-hybridized carbons (Fsp3) is 0.310. The highest BCUT2D eigenvalue weighted by Crippen LogP contribution is 2.41. The number of fused-ring (bicyclic) bond motifs is 1. The van der Waals surface area contributed by atoms with Crippen LogP contribution in [-0.4, -0.2) is 83.1 Å². The first-order chi connectivity index (χ1) is 22.6. The number of hydrogen-bond donors (Lipinski definition) is 6. The van der Waals surface area contributed by atoms with Crippen molar-refractivity contribution in [2.45, 2.75) is 49.9 Å². The van der Waals surface area contributed by atoms with Crippen LogP contribution in [0.2, 0.25) is 0 Å². The Bertz CT molecular complexity index is 1890. The Morgan fingerprint density at radius 2 is 1.88 bits per heavy atom. The first-order valence-corrected chi connectivity index (χ1v) is 17.1. The predicted molar refractivity (Wildman–Crippen MR) is 180 cm³/mol. The maximum atomic E-state index is 13.4. The van der Waals surface area contributed by atoms with Crippen molar-refractivity contribution >= 4 is 81.1 Å². The average Bonchev–Trinajstić information content (AvgIpc) is 3.44. The number of carboxylic acids is 2. The van der Waals surface area contributed by atoms with Gasteiger partial charge in [0.2, 0.25) is 17.2 Å². The molecule has 0 spiro atoms. The van der Waals surface area contributed by atoms with Crippen molar-refractivity contribution in [1.82, 2.24) is 20.2 Å². The first-order valence-electron chi connectivity index (χ1n) is 14.2. The van der Waals surface area contributed by atoms with Crippen molar-refractivity contribution in [2.24, 2.45) is 5.16 Å². The van der Waals surface area contributed by atoms with E-state index in [2.05, 4.69) is 20.4 Å². The number of thioether (sulfide) groups is 2. The van der Waals surface area contributed by atoms with E-state index in [1.54, 1.807) is 10.6 Å². The van der Waals surface area contributed by atoms with Crippen LogP contribution in [0.5, 0.6) is 0 Å². The van der Waals surface area contributed by atoms with Crippen molar-refractivity contribution in [1.29, 1.82) is 0 Å². The number of nitrogens with zero attached hydrogens (tertiary/aromatic N) is 5. The number of nitrogens with one attached hydrogen (secondary N) is 1. The van der Waals surface area contributed by atoms with Gasteiger partial charge in [-0.3, -0.25) is 14.5 Å². The second kappa shape index (κ2) is 13.3. The molecule has 1 saturated heterocycles. The van der Waals surface area contributed by atoms with Gasteiger partial charge in [-0.05, 0) is 56.2 Å². The number of β-lactam (4-membered cyclic amide) rings is 1. The zero-order valence-electron chi connectivity index (χ0n) is 26.1. The molecule has 0 aliphatic carbocycles. The largest absolute Gasteiger partial charge is 0.478 e. The lowest BCUT2D eigenvalue weighted by molar-refractivity contribution is -0.626. The first kappa shape index (κ1) is 34.5. The summed E-state index contributed by atoms with van der Waals surface area (Å²) in [6, 6.07) is 6.25. The number of nitrogens with two attached hydrogens (primary N) is 3. The van der Waals surface area contributed by atoms with E-state index < -0.39 is 46.5 Å². The molecule has 16 nitrogen and oxygen atoms in total. The van der Waals surface area contributed by atoms with E-state index in [-0.39, 0.29) is 33.8 Å². The number of hydrogen-bond acceptors (Lipinski definition) is 14. The van der Waals surface area contributed by atoms with Gasteiger partial charge in [-0.1, -0.05) is 28.3 Å². The number of amides is 2. The van der Waals surface area contributed by atoms with Crippen LogP contribution in [0, 0.1) is 13.8 Å². The molecule has 0 bridgehead atoms. The molecule has 4 heterocycles. The van der Waals surface area contributed by atoms with Gasteiger partial charge in [0.15, 0.2) is 10.8 Å². The quantitative estimate of drug-likeness (QED) is 0.0409. The number of aliphatic carboxylic acids is 2. The number of carbonyl (C=O) groups excluding carboxylic acids is 2. The summed E-state index contributed by atoms with van der Waals surface area (Å²) in [5, 5.41) is 27.2. The van der Waals surface area contributed by atoms with E-state index in [1.165, 1.54) is 42.8 Å². The standard InChI is InChI=1S/C29H31N9O7S3/c1-12-6-5-7-13(2)20(12)37-17(31)8-16(30)34-28(37)48-10-14-9-46-24-19(23(40)38(24)21(14)25(41)42)35-22(39)18(15-11-47-27(32)33-15)36-45-29(3,4)26(43)44/h5-8,11,19,24H,9-10H2,1-4H3,(H8,30,31,32,33,35,39,41,42,43,44)/p+1/b36-18+/t19-,24-/m1/s1. The smallest absolute Gasteiger partial charge is 0.352 e. The molecule has 0 unspecified atom stereocenters. The summed E-state index contributed by atoms with van der Waals surface area (Å²) in [4.78, 5) is 65.6. The van der Waals surface area contributed by atoms with Crippen LogP contribution in [-0.2, 0) is 24.0 Å². The van der Waals surface area contributed by atoms with Crippen LogP contribution < -0.4 is 27.1 Å². The Morgan fingerprint density at radius 1 is 1.19 bits per heavy atom. The minimum absolute atomic E-state index is 0.00970. The molecule has 3 aromatic rings. The summed E-state index contributed by atoms with van der Waals surface area (Å²) in [5.74, 6) is -3.24. The highest BCUT2D eigenvalue weighted by Gasteiger charge is 2.54. The van der Waals surface area contributed by atoms with Gasteiger partial charge in [0.25, 0.3) is 11.8 Å². The highest BCUT2D eigenvalue weighted by molar-refractivity contribution is 8.01. The van der Waals surface area contributed by atoms with Gasteiger partial charge in [-0.25, -0.2) is 14.6 Å². The van der Waals surface area contributed by atoms with Crippen molar-refractivity contribution in [2.75, 3.05) is 28.7 Å². The molecule has 252 valence electrons. The van der Waals surface area contributed by atoms with Crippen LogP contribution in [0.25, 0.3) is 5.69 Å². The van der Waals surface area contributed by atoms with Gasteiger partial charge in [0.1, 0.15) is 28.5 Å². The van der Waals surface area contributed by atoms with E-state index >= 15 is 0 Å². The van der Waals surface area contributed by atoms with E-state index in [4.69, 9.17) is 22.0 Å². The Balaban J connectivity index is 1.38. The summed E-state index contributed by atoms with van der Waals surface area (Å²) in [6.45, 7) is 6.37. The third-order valence-electron chi connectivity index (χ3n) is 7.40. The number of aromatic nitrogens is 3. The lowest BCUT2D eigenvalue weighted by Crippen LogP contribution is -2.71. The molecule has 2 atom stereocenters. The van der Waals surface area contributed by atoms with Gasteiger partial charge in [0, 0.05) is 16.9 Å². The van der Waals surface area contributed by atoms with Crippen LogP contribution in [0.15, 0.2) is 51.2 Å². The fourth-order valence-corrected chi connectivity index (χ4v) is 8.02. The normalized spacial score (nSPS) is 17.9. The summed E-state index contributed by atoms with van der Waals surface area (Å²) in [6.07, 6.45) is 0. The number of rotatable bonds is 11. The number of carboxylic acid groups (broad SMARTS) is 2.